The maximum Gasteiger partial charge on any atom is 0.305 e. The number of carboxylic acids is 1. The molecular formula is C25H25FO5. The molecule has 0 fully saturated rings. The highest BCUT2D eigenvalue weighted by atomic mass is 19.1. The van der Waals surface area contributed by atoms with Crippen molar-refractivity contribution in [3.8, 4) is 11.1 Å². The van der Waals surface area contributed by atoms with Crippen molar-refractivity contribution in [2.24, 2.45) is 0 Å². The van der Waals surface area contributed by atoms with Crippen molar-refractivity contribution in [1.29, 1.82) is 0 Å². The normalized spacial score (nSPS) is 12.7. The van der Waals surface area contributed by atoms with Gasteiger partial charge in [0.2, 0.25) is 0 Å². The number of aliphatic hydroxyl groups excluding tert-OH is 1. The highest BCUT2D eigenvalue weighted by Gasteiger charge is 2.19. The Hall–Kier alpha value is -3.25. The molecule has 0 spiro atoms. The van der Waals surface area contributed by atoms with E-state index < -0.39 is 24.3 Å². The van der Waals surface area contributed by atoms with Crippen LogP contribution in [0.2, 0.25) is 0 Å². The maximum atomic E-state index is 13.8. The zero-order valence-electron chi connectivity index (χ0n) is 17.7. The number of hydrogen-bond donors (Lipinski definition) is 2. The van der Waals surface area contributed by atoms with Crippen LogP contribution in [0, 0.1) is 12.7 Å². The van der Waals surface area contributed by atoms with Crippen LogP contribution in [0.5, 0.6) is 0 Å². The van der Waals surface area contributed by atoms with Crippen LogP contribution < -0.4 is 0 Å². The molecule has 1 unspecified atom stereocenters. The van der Waals surface area contributed by atoms with Gasteiger partial charge in [0, 0.05) is 17.4 Å². The van der Waals surface area contributed by atoms with E-state index in [0.29, 0.717) is 16.9 Å². The largest absolute Gasteiger partial charge is 0.481 e. The molecule has 0 saturated carbocycles. The first-order valence-electron chi connectivity index (χ1n) is 10.1. The summed E-state index contributed by atoms with van der Waals surface area (Å²) in [7, 11) is 0. The van der Waals surface area contributed by atoms with Crippen molar-refractivity contribution in [3.63, 3.8) is 0 Å². The van der Waals surface area contributed by atoms with E-state index in [1.807, 2.05) is 18.2 Å². The van der Waals surface area contributed by atoms with Gasteiger partial charge in [0.05, 0.1) is 12.5 Å². The van der Waals surface area contributed by atoms with Crippen LogP contribution in [-0.4, -0.2) is 28.1 Å². The Morgan fingerprint density at radius 1 is 1.16 bits per heavy atom. The Labute approximate surface area is 179 Å². The lowest BCUT2D eigenvalue weighted by Crippen LogP contribution is -2.16. The number of hydrogen-bond acceptors (Lipinski definition) is 4. The second-order valence-electron chi connectivity index (χ2n) is 7.94. The second kappa shape index (κ2) is 9.27. The zero-order chi connectivity index (χ0) is 22.7. The Kier molecular flexibility index (Phi) is 6.71. The first-order valence-corrected chi connectivity index (χ1v) is 10.1. The smallest absolute Gasteiger partial charge is 0.305 e. The van der Waals surface area contributed by atoms with Crippen LogP contribution in [0.4, 0.5) is 4.39 Å². The molecule has 0 bridgehead atoms. The molecule has 0 amide bonds. The van der Waals surface area contributed by atoms with Gasteiger partial charge in [-0.05, 0) is 53.8 Å². The van der Waals surface area contributed by atoms with Gasteiger partial charge in [-0.15, -0.1) is 0 Å². The number of carbonyl (C=O) groups excluding carboxylic acids is 1. The number of fused-ring (bicyclic) bond motifs is 1. The van der Waals surface area contributed by atoms with E-state index in [1.54, 1.807) is 19.1 Å². The molecule has 2 aromatic carbocycles. The predicted molar refractivity (Wildman–Crippen MR) is 117 cm³/mol. The molecule has 0 saturated heterocycles. The summed E-state index contributed by atoms with van der Waals surface area (Å²) in [5, 5.41) is 19.3. The SMILES string of the molecule is Cc1cc(-c2c(C=CC(=O)CC(O)CC(=O)O)oc3c(C(C)C)cccc23)ccc1F. The summed E-state index contributed by atoms with van der Waals surface area (Å²) in [5.41, 5.74) is 3.72. The van der Waals surface area contributed by atoms with Gasteiger partial charge < -0.3 is 14.6 Å². The fourth-order valence-electron chi connectivity index (χ4n) is 3.57. The first-order chi connectivity index (χ1) is 14.7. The fourth-order valence-corrected chi connectivity index (χ4v) is 3.57. The molecule has 1 atom stereocenters. The lowest BCUT2D eigenvalue weighted by molar-refractivity contribution is -0.139. The number of benzene rings is 2. The Balaban J connectivity index is 2.07. The summed E-state index contributed by atoms with van der Waals surface area (Å²) in [6.07, 6.45) is 0.746. The van der Waals surface area contributed by atoms with Gasteiger partial charge in [-0.1, -0.05) is 38.1 Å². The van der Waals surface area contributed by atoms with E-state index in [9.17, 15) is 19.1 Å². The third-order valence-corrected chi connectivity index (χ3v) is 5.11. The molecule has 0 aliphatic carbocycles. The molecule has 1 aromatic heterocycles. The molecule has 3 rings (SSSR count). The number of carboxylic acid groups (broad SMARTS) is 1. The monoisotopic (exact) mass is 424 g/mol. The van der Waals surface area contributed by atoms with E-state index in [0.717, 1.165) is 22.1 Å². The molecule has 0 radical (unpaired) electrons. The maximum absolute atomic E-state index is 13.8. The summed E-state index contributed by atoms with van der Waals surface area (Å²) < 4.78 is 20.0. The van der Waals surface area contributed by atoms with Crippen LogP contribution in [0.25, 0.3) is 28.2 Å². The number of allylic oxidation sites excluding steroid dienone is 1. The highest BCUT2D eigenvalue weighted by Crippen LogP contribution is 2.39. The van der Waals surface area contributed by atoms with Crippen LogP contribution >= 0.6 is 0 Å². The van der Waals surface area contributed by atoms with Crippen molar-refractivity contribution in [2.75, 3.05) is 0 Å². The summed E-state index contributed by atoms with van der Waals surface area (Å²) in [6, 6.07) is 10.7. The number of furan rings is 1. The van der Waals surface area contributed by atoms with Gasteiger partial charge in [0.25, 0.3) is 0 Å². The van der Waals surface area contributed by atoms with E-state index in [4.69, 9.17) is 9.52 Å². The molecule has 0 aliphatic rings. The Bertz CT molecular complexity index is 1160. The van der Waals surface area contributed by atoms with Gasteiger partial charge >= 0.3 is 5.97 Å². The minimum absolute atomic E-state index is 0.210. The van der Waals surface area contributed by atoms with Crippen molar-refractivity contribution in [2.45, 2.75) is 45.6 Å². The van der Waals surface area contributed by atoms with Gasteiger partial charge in [-0.25, -0.2) is 4.39 Å². The highest BCUT2D eigenvalue weighted by molar-refractivity contribution is 6.02. The minimum Gasteiger partial charge on any atom is -0.481 e. The molecule has 0 aliphatic heterocycles. The number of halogens is 1. The molecule has 162 valence electrons. The van der Waals surface area contributed by atoms with Crippen LogP contribution in [0.1, 0.15) is 49.5 Å². The van der Waals surface area contributed by atoms with Crippen LogP contribution in [0.3, 0.4) is 0 Å². The van der Waals surface area contributed by atoms with Crippen molar-refractivity contribution in [1.82, 2.24) is 0 Å². The lowest BCUT2D eigenvalue weighted by atomic mass is 9.96. The Morgan fingerprint density at radius 3 is 2.55 bits per heavy atom. The van der Waals surface area contributed by atoms with Crippen molar-refractivity contribution in [3.05, 3.63) is 65.2 Å². The number of rotatable bonds is 8. The number of aliphatic hydroxyl groups is 1. The molecule has 1 heterocycles. The van der Waals surface area contributed by atoms with Gasteiger partial charge in [-0.3, -0.25) is 9.59 Å². The van der Waals surface area contributed by atoms with Crippen molar-refractivity contribution >= 4 is 28.8 Å². The number of para-hydroxylation sites is 1. The topological polar surface area (TPSA) is 87.7 Å². The molecule has 3 aromatic rings. The number of carbonyl (C=O) groups is 2. The van der Waals surface area contributed by atoms with Crippen molar-refractivity contribution < 1.29 is 28.6 Å². The summed E-state index contributed by atoms with van der Waals surface area (Å²) in [6.45, 7) is 5.80. The lowest BCUT2D eigenvalue weighted by Gasteiger charge is -2.06. The van der Waals surface area contributed by atoms with Gasteiger partial charge in [-0.2, -0.15) is 0 Å². The average Bonchev–Trinajstić information content (AvgIpc) is 3.06. The van der Waals surface area contributed by atoms with Crippen LogP contribution in [0.15, 0.2) is 46.9 Å². The van der Waals surface area contributed by atoms with E-state index in [2.05, 4.69) is 13.8 Å². The molecule has 31 heavy (non-hydrogen) atoms. The third-order valence-electron chi connectivity index (χ3n) is 5.11. The third kappa shape index (κ3) is 5.09. The van der Waals surface area contributed by atoms with E-state index in [-0.39, 0.29) is 18.2 Å². The fraction of sp³-hybridized carbons (Fsp3) is 0.280. The predicted octanol–water partition coefficient (Wildman–Crippen LogP) is 5.48. The quantitative estimate of drug-likeness (QED) is 0.468. The molecule has 5 nitrogen and oxygen atoms in total. The number of ketones is 1. The Morgan fingerprint density at radius 2 is 1.90 bits per heavy atom. The van der Waals surface area contributed by atoms with E-state index >= 15 is 0 Å². The summed E-state index contributed by atoms with van der Waals surface area (Å²) in [5.74, 6) is -1.24. The summed E-state index contributed by atoms with van der Waals surface area (Å²) in [4.78, 5) is 22.9. The van der Waals surface area contributed by atoms with E-state index in [1.165, 1.54) is 18.2 Å². The second-order valence-corrected chi connectivity index (χ2v) is 7.94. The molecule has 2 N–H and O–H groups in total. The van der Waals surface area contributed by atoms with Crippen LogP contribution in [-0.2, 0) is 9.59 Å². The standard InChI is InChI=1S/C25H25FO5/c1-14(2)19-5-4-6-20-24(16-7-9-21(26)15(3)11-16)22(31-25(19)20)10-8-17(27)12-18(28)13-23(29)30/h4-11,14,18,28H,12-13H2,1-3H3,(H,29,30). The summed E-state index contributed by atoms with van der Waals surface area (Å²) >= 11 is 0. The number of aryl methyl sites for hydroxylation is 1. The molecule has 6 heteroatoms. The minimum atomic E-state index is -1.25. The van der Waals surface area contributed by atoms with Gasteiger partial charge in [0.1, 0.15) is 17.2 Å². The first kappa shape index (κ1) is 22.4. The molecular weight excluding hydrogens is 399 g/mol. The average molecular weight is 424 g/mol. The number of aliphatic carboxylic acids is 1. The zero-order valence-corrected chi connectivity index (χ0v) is 17.7. The van der Waals surface area contributed by atoms with Gasteiger partial charge in [0.15, 0.2) is 5.78 Å².